The number of rotatable bonds is 8. The average Bonchev–Trinajstić information content (AvgIpc) is 3.51. The SMILES string of the molecule is O=C(O)Cc1nc(NC(=O)Nc2cccnc2C(=O)C2CCCC2)sc1Sc1ncc[nH]1. The molecule has 3 heterocycles. The Balaban J connectivity index is 1.48. The number of thiazole rings is 1. The number of aromatic amines is 1. The van der Waals surface area contributed by atoms with Gasteiger partial charge < -0.3 is 15.4 Å². The molecule has 0 bridgehead atoms. The van der Waals surface area contributed by atoms with Crippen molar-refractivity contribution in [3.63, 3.8) is 0 Å². The van der Waals surface area contributed by atoms with Gasteiger partial charge in [0.05, 0.1) is 22.0 Å². The van der Waals surface area contributed by atoms with Crippen LogP contribution in [-0.4, -0.2) is 42.8 Å². The van der Waals surface area contributed by atoms with Gasteiger partial charge in [0.15, 0.2) is 16.1 Å². The summed E-state index contributed by atoms with van der Waals surface area (Å²) in [5.41, 5.74) is 0.904. The van der Waals surface area contributed by atoms with Gasteiger partial charge in [0, 0.05) is 24.5 Å². The standard InChI is InChI=1S/C20H20N6O4S2/c27-14(28)10-13-17(31-19-22-8-9-23-19)32-20(25-13)26-18(30)24-12-6-3-7-21-15(12)16(29)11-4-1-2-5-11/h3,6-9,11H,1-2,4-5,10H2,(H,22,23)(H,27,28)(H2,24,25,26,30). The van der Waals surface area contributed by atoms with Gasteiger partial charge in [-0.1, -0.05) is 24.2 Å². The smallest absolute Gasteiger partial charge is 0.325 e. The van der Waals surface area contributed by atoms with Crippen LogP contribution in [0.15, 0.2) is 40.1 Å². The molecule has 32 heavy (non-hydrogen) atoms. The van der Waals surface area contributed by atoms with Gasteiger partial charge >= 0.3 is 12.0 Å². The second-order valence-electron chi connectivity index (χ2n) is 7.14. The number of hydrogen-bond acceptors (Lipinski definition) is 8. The molecule has 0 aliphatic heterocycles. The number of amides is 2. The van der Waals surface area contributed by atoms with E-state index in [0.29, 0.717) is 20.7 Å². The minimum Gasteiger partial charge on any atom is -0.481 e. The molecule has 1 saturated carbocycles. The molecule has 166 valence electrons. The number of carbonyl (C=O) groups excluding carboxylic acids is 2. The van der Waals surface area contributed by atoms with E-state index in [1.54, 1.807) is 24.5 Å². The molecule has 0 aromatic carbocycles. The van der Waals surface area contributed by atoms with E-state index in [0.717, 1.165) is 37.0 Å². The van der Waals surface area contributed by atoms with Crippen molar-refractivity contribution in [2.45, 2.75) is 41.5 Å². The predicted octanol–water partition coefficient (Wildman–Crippen LogP) is 4.06. The van der Waals surface area contributed by atoms with E-state index in [9.17, 15) is 14.4 Å². The lowest BCUT2D eigenvalue weighted by Gasteiger charge is -2.12. The first-order valence-electron chi connectivity index (χ1n) is 9.95. The highest BCUT2D eigenvalue weighted by Gasteiger charge is 2.27. The zero-order chi connectivity index (χ0) is 22.5. The third-order valence-corrected chi connectivity index (χ3v) is 7.02. The van der Waals surface area contributed by atoms with E-state index in [1.807, 2.05) is 0 Å². The molecule has 1 aliphatic rings. The van der Waals surface area contributed by atoms with Crippen LogP contribution in [0.3, 0.4) is 0 Å². The fourth-order valence-corrected chi connectivity index (χ4v) is 5.46. The van der Waals surface area contributed by atoms with Crippen molar-refractivity contribution in [3.05, 3.63) is 42.1 Å². The van der Waals surface area contributed by atoms with Gasteiger partial charge in [0.1, 0.15) is 5.69 Å². The Bertz CT molecular complexity index is 1130. The first kappa shape index (κ1) is 22.0. The predicted molar refractivity (Wildman–Crippen MR) is 119 cm³/mol. The van der Waals surface area contributed by atoms with E-state index in [1.165, 1.54) is 18.0 Å². The van der Waals surface area contributed by atoms with Crippen molar-refractivity contribution < 1.29 is 19.5 Å². The second-order valence-corrected chi connectivity index (χ2v) is 9.40. The molecule has 12 heteroatoms. The molecule has 0 saturated heterocycles. The van der Waals surface area contributed by atoms with Crippen molar-refractivity contribution >= 4 is 51.7 Å². The molecule has 1 fully saturated rings. The van der Waals surface area contributed by atoms with Crippen LogP contribution in [0, 0.1) is 5.92 Å². The summed E-state index contributed by atoms with van der Waals surface area (Å²) < 4.78 is 0.608. The number of nitrogens with one attached hydrogen (secondary N) is 3. The van der Waals surface area contributed by atoms with Gasteiger partial charge in [0.2, 0.25) is 0 Å². The number of anilines is 2. The van der Waals surface area contributed by atoms with Crippen LogP contribution < -0.4 is 10.6 Å². The van der Waals surface area contributed by atoms with Crippen molar-refractivity contribution in [2.75, 3.05) is 10.6 Å². The third kappa shape index (κ3) is 5.32. The average molecular weight is 473 g/mol. The van der Waals surface area contributed by atoms with E-state index < -0.39 is 12.0 Å². The molecule has 1 aliphatic carbocycles. The number of nitrogens with zero attached hydrogens (tertiary/aromatic N) is 3. The number of pyridine rings is 1. The number of imidazole rings is 1. The van der Waals surface area contributed by atoms with E-state index >= 15 is 0 Å². The summed E-state index contributed by atoms with van der Waals surface area (Å²) >= 11 is 2.38. The molecular formula is C20H20N6O4S2. The zero-order valence-electron chi connectivity index (χ0n) is 16.8. The van der Waals surface area contributed by atoms with Crippen LogP contribution in [0.4, 0.5) is 15.6 Å². The number of Topliss-reactive ketones (excluding diaryl/α,β-unsaturated/α-hetero) is 1. The lowest BCUT2D eigenvalue weighted by molar-refractivity contribution is -0.136. The highest BCUT2D eigenvalue weighted by Crippen LogP contribution is 2.36. The largest absolute Gasteiger partial charge is 0.481 e. The molecule has 0 atom stereocenters. The molecule has 10 nitrogen and oxygen atoms in total. The number of hydrogen-bond donors (Lipinski definition) is 4. The Morgan fingerprint density at radius 3 is 2.72 bits per heavy atom. The van der Waals surface area contributed by atoms with Gasteiger partial charge in [-0.25, -0.2) is 14.8 Å². The van der Waals surface area contributed by atoms with E-state index in [4.69, 9.17) is 5.11 Å². The fourth-order valence-electron chi connectivity index (χ4n) is 3.45. The van der Waals surface area contributed by atoms with Gasteiger partial charge in [-0.05, 0) is 36.7 Å². The van der Waals surface area contributed by atoms with Crippen LogP contribution in [0.5, 0.6) is 0 Å². The highest BCUT2D eigenvalue weighted by atomic mass is 32.2. The van der Waals surface area contributed by atoms with Crippen LogP contribution in [-0.2, 0) is 11.2 Å². The van der Waals surface area contributed by atoms with Gasteiger partial charge in [-0.3, -0.25) is 19.9 Å². The summed E-state index contributed by atoms with van der Waals surface area (Å²) in [6.07, 6.45) is 8.21. The second kappa shape index (κ2) is 9.92. The minimum atomic E-state index is -1.03. The molecule has 0 spiro atoms. The Morgan fingerprint density at radius 1 is 1.19 bits per heavy atom. The van der Waals surface area contributed by atoms with Gasteiger partial charge in [-0.2, -0.15) is 0 Å². The first-order chi connectivity index (χ1) is 15.5. The molecular weight excluding hydrogens is 452 g/mol. The molecule has 3 aromatic rings. The number of H-pyrrole nitrogens is 1. The number of carboxylic acid groups (broad SMARTS) is 1. The summed E-state index contributed by atoms with van der Waals surface area (Å²) in [4.78, 5) is 52.1. The van der Waals surface area contributed by atoms with E-state index in [2.05, 4.69) is 30.6 Å². The monoisotopic (exact) mass is 472 g/mol. The quantitative estimate of drug-likeness (QED) is 0.359. The number of carboxylic acids is 1. The molecule has 4 N–H and O–H groups in total. The third-order valence-electron chi connectivity index (χ3n) is 4.88. The first-order valence-corrected chi connectivity index (χ1v) is 11.6. The van der Waals surface area contributed by atoms with Gasteiger partial charge in [-0.15, -0.1) is 0 Å². The Hall–Kier alpha value is -3.25. The molecule has 0 unspecified atom stereocenters. The minimum absolute atomic E-state index is 0.0615. The van der Waals surface area contributed by atoms with Crippen LogP contribution in [0.1, 0.15) is 41.9 Å². The lowest BCUT2D eigenvalue weighted by Crippen LogP contribution is -2.23. The summed E-state index contributed by atoms with van der Waals surface area (Å²) in [6.45, 7) is 0. The number of aromatic nitrogens is 4. The normalized spacial score (nSPS) is 13.8. The Kier molecular flexibility index (Phi) is 6.81. The van der Waals surface area contributed by atoms with E-state index in [-0.39, 0.29) is 28.9 Å². The Labute approximate surface area is 191 Å². The maximum atomic E-state index is 12.8. The maximum absolute atomic E-state index is 12.8. The van der Waals surface area contributed by atoms with Crippen LogP contribution in [0.2, 0.25) is 0 Å². The highest BCUT2D eigenvalue weighted by molar-refractivity contribution is 8.01. The molecule has 3 aromatic heterocycles. The summed E-state index contributed by atoms with van der Waals surface area (Å²) in [6, 6.07) is 2.68. The Morgan fingerprint density at radius 2 is 2.00 bits per heavy atom. The fraction of sp³-hybridized carbons (Fsp3) is 0.300. The van der Waals surface area contributed by atoms with Gasteiger partial charge in [0.25, 0.3) is 0 Å². The van der Waals surface area contributed by atoms with Crippen LogP contribution >= 0.6 is 23.1 Å². The van der Waals surface area contributed by atoms with Crippen molar-refractivity contribution in [1.82, 2.24) is 19.9 Å². The number of aliphatic carboxylic acids is 1. The molecule has 2 amide bonds. The molecule has 0 radical (unpaired) electrons. The van der Waals surface area contributed by atoms with Crippen molar-refractivity contribution in [3.8, 4) is 0 Å². The summed E-state index contributed by atoms with van der Waals surface area (Å²) in [5.74, 6) is -1.15. The summed E-state index contributed by atoms with van der Waals surface area (Å²) in [5, 5.41) is 15.3. The summed E-state index contributed by atoms with van der Waals surface area (Å²) in [7, 11) is 0. The number of carbonyl (C=O) groups is 3. The molecule has 4 rings (SSSR count). The van der Waals surface area contributed by atoms with Crippen molar-refractivity contribution in [2.24, 2.45) is 5.92 Å². The lowest BCUT2D eigenvalue weighted by atomic mass is 9.99. The maximum Gasteiger partial charge on any atom is 0.325 e. The number of urea groups is 1. The van der Waals surface area contributed by atoms with Crippen molar-refractivity contribution in [1.29, 1.82) is 0 Å². The zero-order valence-corrected chi connectivity index (χ0v) is 18.5. The topological polar surface area (TPSA) is 150 Å². The number of ketones is 1. The van der Waals surface area contributed by atoms with Crippen LogP contribution in [0.25, 0.3) is 0 Å².